The standard InChI is InChI=1S/C19H26N6O/c1-15-20-7-6-18(21-15)24-11-8-23(9-12-24)10-13-25-19(26)14-16-4-2-3-5-17(16)22-25/h6-7,14H,2-5,8-13H2,1H3. The fraction of sp³-hybridized carbons (Fsp3) is 0.579. The number of hydrogen-bond donors (Lipinski definition) is 0. The highest BCUT2D eigenvalue weighted by Crippen LogP contribution is 2.17. The number of anilines is 1. The molecule has 7 heteroatoms. The van der Waals surface area contributed by atoms with Gasteiger partial charge in [-0.15, -0.1) is 0 Å². The number of hydrogen-bond acceptors (Lipinski definition) is 6. The Kier molecular flexibility index (Phi) is 4.97. The molecule has 0 radical (unpaired) electrons. The van der Waals surface area contributed by atoms with E-state index in [0.717, 1.165) is 68.5 Å². The van der Waals surface area contributed by atoms with Crippen molar-refractivity contribution in [2.24, 2.45) is 0 Å². The molecule has 2 aliphatic rings. The molecule has 0 unspecified atom stereocenters. The van der Waals surface area contributed by atoms with Crippen LogP contribution in [0.5, 0.6) is 0 Å². The molecule has 0 amide bonds. The maximum absolute atomic E-state index is 12.3. The van der Waals surface area contributed by atoms with Gasteiger partial charge in [-0.1, -0.05) is 0 Å². The predicted molar refractivity (Wildman–Crippen MR) is 101 cm³/mol. The number of nitrogens with zero attached hydrogens (tertiary/aromatic N) is 6. The van der Waals surface area contributed by atoms with Crippen LogP contribution in [0.3, 0.4) is 0 Å². The number of rotatable bonds is 4. The van der Waals surface area contributed by atoms with E-state index in [4.69, 9.17) is 0 Å². The van der Waals surface area contributed by atoms with Gasteiger partial charge in [-0.3, -0.25) is 9.69 Å². The van der Waals surface area contributed by atoms with Crippen LogP contribution in [-0.4, -0.2) is 57.4 Å². The maximum Gasteiger partial charge on any atom is 0.267 e. The third-order valence-corrected chi connectivity index (χ3v) is 5.36. The van der Waals surface area contributed by atoms with Crippen molar-refractivity contribution in [2.75, 3.05) is 37.6 Å². The molecule has 0 aromatic carbocycles. The van der Waals surface area contributed by atoms with Gasteiger partial charge in [0.15, 0.2) is 0 Å². The molecule has 1 aliphatic heterocycles. The van der Waals surface area contributed by atoms with Crippen molar-refractivity contribution in [1.82, 2.24) is 24.6 Å². The molecule has 138 valence electrons. The van der Waals surface area contributed by atoms with E-state index >= 15 is 0 Å². The molecule has 0 atom stereocenters. The lowest BCUT2D eigenvalue weighted by Gasteiger charge is -2.35. The SMILES string of the molecule is Cc1nccc(N2CCN(CCn3nc4c(cc3=O)CCCC4)CC2)n1. The summed E-state index contributed by atoms with van der Waals surface area (Å²) in [4.78, 5) is 25.7. The second-order valence-electron chi connectivity index (χ2n) is 7.18. The minimum absolute atomic E-state index is 0.0424. The quantitative estimate of drug-likeness (QED) is 0.817. The Morgan fingerprint density at radius 1 is 1.08 bits per heavy atom. The van der Waals surface area contributed by atoms with Crippen LogP contribution >= 0.6 is 0 Å². The van der Waals surface area contributed by atoms with Gasteiger partial charge in [-0.05, 0) is 44.2 Å². The molecule has 2 aromatic rings. The normalized spacial score (nSPS) is 18.0. The third kappa shape index (κ3) is 3.77. The minimum atomic E-state index is 0.0424. The van der Waals surface area contributed by atoms with Gasteiger partial charge in [0.25, 0.3) is 5.56 Å². The van der Waals surface area contributed by atoms with Crippen molar-refractivity contribution < 1.29 is 0 Å². The van der Waals surface area contributed by atoms with Gasteiger partial charge in [0.2, 0.25) is 0 Å². The van der Waals surface area contributed by atoms with Crippen LogP contribution < -0.4 is 10.5 Å². The van der Waals surface area contributed by atoms with Gasteiger partial charge in [0.05, 0.1) is 12.2 Å². The summed E-state index contributed by atoms with van der Waals surface area (Å²) in [6.07, 6.45) is 6.19. The van der Waals surface area contributed by atoms with Crippen LogP contribution in [0.15, 0.2) is 23.1 Å². The highest BCUT2D eigenvalue weighted by atomic mass is 16.1. The molecule has 1 fully saturated rings. The Morgan fingerprint density at radius 3 is 2.69 bits per heavy atom. The molecule has 2 aromatic heterocycles. The van der Waals surface area contributed by atoms with Crippen LogP contribution in [0.25, 0.3) is 0 Å². The molecule has 1 saturated heterocycles. The van der Waals surface area contributed by atoms with E-state index in [9.17, 15) is 4.79 Å². The fourth-order valence-corrected chi connectivity index (χ4v) is 3.82. The van der Waals surface area contributed by atoms with Gasteiger partial charge >= 0.3 is 0 Å². The Hall–Kier alpha value is -2.28. The van der Waals surface area contributed by atoms with Crippen LogP contribution in [0.1, 0.15) is 29.9 Å². The summed E-state index contributed by atoms with van der Waals surface area (Å²) >= 11 is 0. The zero-order chi connectivity index (χ0) is 17.9. The highest BCUT2D eigenvalue weighted by Gasteiger charge is 2.19. The van der Waals surface area contributed by atoms with Crippen molar-refractivity contribution in [3.8, 4) is 0 Å². The molecule has 7 nitrogen and oxygen atoms in total. The lowest BCUT2D eigenvalue weighted by molar-refractivity contribution is 0.241. The van der Waals surface area contributed by atoms with E-state index in [1.165, 1.54) is 12.8 Å². The Bertz CT molecular complexity index is 825. The van der Waals surface area contributed by atoms with E-state index in [-0.39, 0.29) is 5.56 Å². The van der Waals surface area contributed by atoms with E-state index in [2.05, 4.69) is 24.9 Å². The smallest absolute Gasteiger partial charge is 0.267 e. The highest BCUT2D eigenvalue weighted by molar-refractivity contribution is 5.37. The van der Waals surface area contributed by atoms with Gasteiger partial charge in [0, 0.05) is 45.0 Å². The second-order valence-corrected chi connectivity index (χ2v) is 7.18. The van der Waals surface area contributed by atoms with Gasteiger partial charge < -0.3 is 4.90 Å². The van der Waals surface area contributed by atoms with Gasteiger partial charge in [-0.2, -0.15) is 5.10 Å². The van der Waals surface area contributed by atoms with Gasteiger partial charge in [-0.25, -0.2) is 14.6 Å². The summed E-state index contributed by atoms with van der Waals surface area (Å²) in [5.74, 6) is 1.81. The van der Waals surface area contributed by atoms with E-state index < -0.39 is 0 Å². The van der Waals surface area contributed by atoms with Crippen molar-refractivity contribution in [1.29, 1.82) is 0 Å². The van der Waals surface area contributed by atoms with Crippen molar-refractivity contribution in [2.45, 2.75) is 39.2 Å². The summed E-state index contributed by atoms with van der Waals surface area (Å²) in [5, 5.41) is 4.62. The molecule has 0 saturated carbocycles. The summed E-state index contributed by atoms with van der Waals surface area (Å²) in [7, 11) is 0. The molecule has 0 N–H and O–H groups in total. The zero-order valence-corrected chi connectivity index (χ0v) is 15.4. The average molecular weight is 354 g/mol. The molecule has 1 aliphatic carbocycles. The molecule has 26 heavy (non-hydrogen) atoms. The number of aryl methyl sites for hydroxylation is 3. The number of piperazine rings is 1. The Balaban J connectivity index is 1.33. The number of aromatic nitrogens is 4. The van der Waals surface area contributed by atoms with Gasteiger partial charge in [0.1, 0.15) is 11.6 Å². The van der Waals surface area contributed by atoms with Crippen molar-refractivity contribution in [3.05, 3.63) is 45.8 Å². The van der Waals surface area contributed by atoms with E-state index in [1.807, 2.05) is 19.2 Å². The summed E-state index contributed by atoms with van der Waals surface area (Å²) in [6.45, 7) is 7.29. The summed E-state index contributed by atoms with van der Waals surface area (Å²) in [6, 6.07) is 3.77. The molecular formula is C19H26N6O. The maximum atomic E-state index is 12.3. The Labute approximate surface area is 153 Å². The first-order valence-corrected chi connectivity index (χ1v) is 9.56. The monoisotopic (exact) mass is 354 g/mol. The van der Waals surface area contributed by atoms with Crippen LogP contribution in [0.4, 0.5) is 5.82 Å². The van der Waals surface area contributed by atoms with Crippen molar-refractivity contribution >= 4 is 5.82 Å². The summed E-state index contributed by atoms with van der Waals surface area (Å²) < 4.78 is 1.66. The minimum Gasteiger partial charge on any atom is -0.354 e. The first-order valence-electron chi connectivity index (χ1n) is 9.56. The first-order chi connectivity index (χ1) is 12.7. The molecular weight excluding hydrogens is 328 g/mol. The van der Waals surface area contributed by atoms with Crippen LogP contribution in [0.2, 0.25) is 0 Å². The van der Waals surface area contributed by atoms with Crippen molar-refractivity contribution in [3.63, 3.8) is 0 Å². The third-order valence-electron chi connectivity index (χ3n) is 5.36. The van der Waals surface area contributed by atoms with Crippen LogP contribution in [-0.2, 0) is 19.4 Å². The average Bonchev–Trinajstić information content (AvgIpc) is 2.67. The molecule has 3 heterocycles. The predicted octanol–water partition coefficient (Wildman–Crippen LogP) is 1.04. The lowest BCUT2D eigenvalue weighted by Crippen LogP contribution is -2.48. The molecule has 4 rings (SSSR count). The molecule has 0 spiro atoms. The molecule has 0 bridgehead atoms. The fourth-order valence-electron chi connectivity index (χ4n) is 3.82. The second kappa shape index (κ2) is 7.53. The topological polar surface area (TPSA) is 67.2 Å². The Morgan fingerprint density at radius 2 is 1.88 bits per heavy atom. The van der Waals surface area contributed by atoms with E-state index in [1.54, 1.807) is 10.7 Å². The largest absolute Gasteiger partial charge is 0.354 e. The summed E-state index contributed by atoms with van der Waals surface area (Å²) in [5.41, 5.74) is 2.33. The first kappa shape index (κ1) is 17.1. The lowest BCUT2D eigenvalue weighted by atomic mass is 9.97. The zero-order valence-electron chi connectivity index (χ0n) is 15.4. The van der Waals surface area contributed by atoms with Crippen LogP contribution in [0, 0.1) is 6.92 Å². The van der Waals surface area contributed by atoms with E-state index in [0.29, 0.717) is 6.54 Å². The number of fused-ring (bicyclic) bond motifs is 1.